The maximum Gasteiger partial charge on any atom is 0.276 e. The zero-order chi connectivity index (χ0) is 17.0. The molecule has 1 heterocycles. The van der Waals surface area contributed by atoms with Gasteiger partial charge in [-0.2, -0.15) is 5.10 Å². The van der Waals surface area contributed by atoms with E-state index in [2.05, 4.69) is 34.7 Å². The number of carbonyl (C=O) groups is 2. The van der Waals surface area contributed by atoms with Crippen LogP contribution in [0.1, 0.15) is 42.5 Å². The van der Waals surface area contributed by atoms with Crippen LogP contribution in [0.4, 0.5) is 11.4 Å². The Hall–Kier alpha value is -2.63. The number of H-pyrrole nitrogens is 1. The molecule has 2 amide bonds. The van der Waals surface area contributed by atoms with E-state index in [-0.39, 0.29) is 11.8 Å². The standard InChI is InChI=1S/C17H22N4O2/c1-10(2)7-13-9-16(21-20-13)17(23)19-15-8-11(3)5-6-14(15)18-12(4)22/h5-6,8-10H,7H2,1-4H3,(H,18,22)(H,19,23)(H,20,21). The van der Waals surface area contributed by atoms with E-state index in [4.69, 9.17) is 0 Å². The minimum absolute atomic E-state index is 0.191. The number of aryl methyl sites for hydroxylation is 1. The summed E-state index contributed by atoms with van der Waals surface area (Å²) in [4.78, 5) is 23.6. The van der Waals surface area contributed by atoms with E-state index >= 15 is 0 Å². The molecule has 0 saturated heterocycles. The van der Waals surface area contributed by atoms with Gasteiger partial charge in [0.15, 0.2) is 5.69 Å². The minimum atomic E-state index is -0.312. The molecule has 3 N–H and O–H groups in total. The lowest BCUT2D eigenvalue weighted by atomic mass is 10.1. The van der Waals surface area contributed by atoms with Crippen molar-refractivity contribution in [3.8, 4) is 0 Å². The first-order valence-electron chi connectivity index (χ1n) is 7.59. The molecule has 1 aromatic heterocycles. The molecule has 0 aliphatic heterocycles. The van der Waals surface area contributed by atoms with Gasteiger partial charge in [0, 0.05) is 12.6 Å². The van der Waals surface area contributed by atoms with Gasteiger partial charge in [0.05, 0.1) is 11.4 Å². The zero-order valence-electron chi connectivity index (χ0n) is 13.9. The van der Waals surface area contributed by atoms with E-state index in [0.29, 0.717) is 23.0 Å². The average Bonchev–Trinajstić information content (AvgIpc) is 2.89. The maximum absolute atomic E-state index is 12.4. The summed E-state index contributed by atoms with van der Waals surface area (Å²) >= 11 is 0. The Morgan fingerprint density at radius 1 is 1.17 bits per heavy atom. The van der Waals surface area contributed by atoms with E-state index in [1.165, 1.54) is 6.92 Å². The second kappa shape index (κ2) is 7.09. The van der Waals surface area contributed by atoms with Crippen molar-refractivity contribution in [1.82, 2.24) is 10.2 Å². The molecule has 0 radical (unpaired) electrons. The Bertz CT molecular complexity index is 719. The number of nitrogens with zero attached hydrogens (tertiary/aromatic N) is 1. The van der Waals surface area contributed by atoms with E-state index in [9.17, 15) is 9.59 Å². The molecule has 6 heteroatoms. The molecule has 0 bridgehead atoms. The van der Waals surface area contributed by atoms with Gasteiger partial charge in [-0.3, -0.25) is 14.7 Å². The third-order valence-corrected chi connectivity index (χ3v) is 3.23. The lowest BCUT2D eigenvalue weighted by Crippen LogP contribution is -2.15. The highest BCUT2D eigenvalue weighted by Gasteiger charge is 2.14. The molecule has 0 spiro atoms. The molecular weight excluding hydrogens is 292 g/mol. The third-order valence-electron chi connectivity index (χ3n) is 3.23. The normalized spacial score (nSPS) is 10.7. The summed E-state index contributed by atoms with van der Waals surface area (Å²) in [6.45, 7) is 7.56. The van der Waals surface area contributed by atoms with Gasteiger partial charge in [0.2, 0.25) is 5.91 Å². The van der Waals surface area contributed by atoms with E-state index in [1.54, 1.807) is 12.1 Å². The van der Waals surface area contributed by atoms with Gasteiger partial charge in [-0.25, -0.2) is 0 Å². The topological polar surface area (TPSA) is 86.9 Å². The Kier molecular flexibility index (Phi) is 5.16. The van der Waals surface area contributed by atoms with Crippen LogP contribution in [0.25, 0.3) is 0 Å². The molecule has 2 rings (SSSR count). The van der Waals surface area contributed by atoms with Crippen LogP contribution < -0.4 is 10.6 Å². The van der Waals surface area contributed by atoms with Gasteiger partial charge in [-0.1, -0.05) is 19.9 Å². The molecule has 0 saturated carbocycles. The number of amides is 2. The average molecular weight is 314 g/mol. The van der Waals surface area contributed by atoms with Crippen LogP contribution in [0.2, 0.25) is 0 Å². The molecule has 0 aliphatic rings. The minimum Gasteiger partial charge on any atom is -0.325 e. The predicted molar refractivity (Wildman–Crippen MR) is 90.6 cm³/mol. The largest absolute Gasteiger partial charge is 0.325 e. The van der Waals surface area contributed by atoms with Crippen LogP contribution in [0.3, 0.4) is 0 Å². The highest BCUT2D eigenvalue weighted by Crippen LogP contribution is 2.23. The molecule has 1 aromatic carbocycles. The number of rotatable bonds is 5. The fourth-order valence-corrected chi connectivity index (χ4v) is 2.27. The van der Waals surface area contributed by atoms with Gasteiger partial charge < -0.3 is 10.6 Å². The molecule has 6 nitrogen and oxygen atoms in total. The number of hydrogen-bond acceptors (Lipinski definition) is 3. The second-order valence-electron chi connectivity index (χ2n) is 6.06. The molecule has 0 atom stereocenters. The van der Waals surface area contributed by atoms with Crippen LogP contribution in [0.5, 0.6) is 0 Å². The molecule has 0 fully saturated rings. The van der Waals surface area contributed by atoms with Crippen molar-refractivity contribution >= 4 is 23.2 Å². The first-order chi connectivity index (χ1) is 10.8. The zero-order valence-corrected chi connectivity index (χ0v) is 13.9. The number of aromatic nitrogens is 2. The van der Waals surface area contributed by atoms with Gasteiger partial charge in [-0.15, -0.1) is 0 Å². The summed E-state index contributed by atoms with van der Waals surface area (Å²) in [5.41, 5.74) is 3.36. The van der Waals surface area contributed by atoms with Crippen LogP contribution >= 0.6 is 0 Å². The Labute approximate surface area is 135 Å². The van der Waals surface area contributed by atoms with E-state index in [0.717, 1.165) is 17.7 Å². The number of anilines is 2. The van der Waals surface area contributed by atoms with Crippen molar-refractivity contribution in [1.29, 1.82) is 0 Å². The molecular formula is C17H22N4O2. The first kappa shape index (κ1) is 16.7. The van der Waals surface area contributed by atoms with E-state index in [1.807, 2.05) is 19.1 Å². The lowest BCUT2D eigenvalue weighted by Gasteiger charge is -2.11. The van der Waals surface area contributed by atoms with Crippen molar-refractivity contribution in [3.63, 3.8) is 0 Å². The predicted octanol–water partition coefficient (Wildman–Crippen LogP) is 3.13. The van der Waals surface area contributed by atoms with Crippen molar-refractivity contribution in [2.45, 2.75) is 34.1 Å². The number of hydrogen-bond donors (Lipinski definition) is 3. The summed E-state index contributed by atoms with van der Waals surface area (Å²) in [6, 6.07) is 7.20. The molecule has 2 aromatic rings. The molecule has 122 valence electrons. The number of aromatic amines is 1. The van der Waals surface area contributed by atoms with Crippen molar-refractivity contribution in [3.05, 3.63) is 41.2 Å². The Morgan fingerprint density at radius 3 is 2.57 bits per heavy atom. The molecule has 0 aliphatic carbocycles. The fraction of sp³-hybridized carbons (Fsp3) is 0.353. The van der Waals surface area contributed by atoms with Gasteiger partial charge >= 0.3 is 0 Å². The van der Waals surface area contributed by atoms with Crippen LogP contribution in [-0.2, 0) is 11.2 Å². The second-order valence-corrected chi connectivity index (χ2v) is 6.06. The van der Waals surface area contributed by atoms with Crippen LogP contribution in [0, 0.1) is 12.8 Å². The summed E-state index contributed by atoms with van der Waals surface area (Å²) in [6.07, 6.45) is 0.835. The summed E-state index contributed by atoms with van der Waals surface area (Å²) in [5.74, 6) is -0.0219. The molecule has 0 unspecified atom stereocenters. The highest BCUT2D eigenvalue weighted by atomic mass is 16.2. The first-order valence-corrected chi connectivity index (χ1v) is 7.59. The summed E-state index contributed by atoms with van der Waals surface area (Å²) < 4.78 is 0. The fourth-order valence-electron chi connectivity index (χ4n) is 2.27. The Morgan fingerprint density at radius 2 is 1.91 bits per heavy atom. The smallest absolute Gasteiger partial charge is 0.276 e. The van der Waals surface area contributed by atoms with Crippen LogP contribution in [0.15, 0.2) is 24.3 Å². The van der Waals surface area contributed by atoms with Crippen molar-refractivity contribution in [2.24, 2.45) is 5.92 Å². The SMILES string of the molecule is CC(=O)Nc1ccc(C)cc1NC(=O)c1cc(CC(C)C)[nH]n1. The Balaban J connectivity index is 2.17. The summed E-state index contributed by atoms with van der Waals surface area (Å²) in [5, 5.41) is 12.4. The van der Waals surface area contributed by atoms with Crippen molar-refractivity contribution < 1.29 is 9.59 Å². The monoisotopic (exact) mass is 314 g/mol. The van der Waals surface area contributed by atoms with Crippen molar-refractivity contribution in [2.75, 3.05) is 10.6 Å². The summed E-state index contributed by atoms with van der Waals surface area (Å²) in [7, 11) is 0. The number of carbonyl (C=O) groups excluding carboxylic acids is 2. The lowest BCUT2D eigenvalue weighted by molar-refractivity contribution is -0.114. The quantitative estimate of drug-likeness (QED) is 0.792. The van der Waals surface area contributed by atoms with E-state index < -0.39 is 0 Å². The number of nitrogens with one attached hydrogen (secondary N) is 3. The number of benzene rings is 1. The highest BCUT2D eigenvalue weighted by molar-refractivity contribution is 6.06. The van der Waals surface area contributed by atoms with Gasteiger partial charge in [0.1, 0.15) is 0 Å². The maximum atomic E-state index is 12.4. The van der Waals surface area contributed by atoms with Gasteiger partial charge in [0.25, 0.3) is 5.91 Å². The molecule has 23 heavy (non-hydrogen) atoms. The van der Waals surface area contributed by atoms with Gasteiger partial charge in [-0.05, 0) is 43.0 Å². The third kappa shape index (κ3) is 4.67. The van der Waals surface area contributed by atoms with Crippen LogP contribution in [-0.4, -0.2) is 22.0 Å².